The maximum absolute atomic E-state index is 5.74. The molecule has 0 aliphatic heterocycles. The Bertz CT molecular complexity index is 748. The zero-order valence-electron chi connectivity index (χ0n) is 15.1. The van der Waals surface area contributed by atoms with E-state index in [1.54, 1.807) is 13.3 Å². The van der Waals surface area contributed by atoms with Crippen molar-refractivity contribution in [1.82, 2.24) is 9.88 Å². The van der Waals surface area contributed by atoms with Crippen LogP contribution in [-0.4, -0.2) is 28.7 Å². The smallest absolute Gasteiger partial charge is 0.173 e. The molecule has 0 saturated heterocycles. The molecule has 0 amide bonds. The van der Waals surface area contributed by atoms with Crippen LogP contribution in [0.2, 0.25) is 0 Å². The molecule has 0 bridgehead atoms. The lowest BCUT2D eigenvalue weighted by Gasteiger charge is -2.30. The van der Waals surface area contributed by atoms with Crippen molar-refractivity contribution in [2.24, 2.45) is 5.92 Å². The molecule has 1 atom stereocenters. The van der Waals surface area contributed by atoms with Crippen LogP contribution in [0.15, 0.2) is 60.9 Å². The normalized spacial score (nSPS) is 16.1. The Labute approximate surface area is 160 Å². The lowest BCUT2D eigenvalue weighted by atomic mass is 9.94. The quantitative estimate of drug-likeness (QED) is 0.594. The molecular weight excluding hydrogens is 342 g/mol. The highest BCUT2D eigenvalue weighted by Gasteiger charge is 2.18. The van der Waals surface area contributed by atoms with Crippen molar-refractivity contribution in [3.63, 3.8) is 0 Å². The summed E-state index contributed by atoms with van der Waals surface area (Å²) < 4.78 is 5.30. The monoisotopic (exact) mass is 367 g/mol. The number of anilines is 1. The second-order valence-electron chi connectivity index (χ2n) is 6.55. The molecule has 1 heterocycles. The second-order valence-corrected chi connectivity index (χ2v) is 6.94. The summed E-state index contributed by atoms with van der Waals surface area (Å²) in [5.74, 6) is 1.44. The third kappa shape index (κ3) is 5.30. The van der Waals surface area contributed by atoms with Crippen molar-refractivity contribution in [2.45, 2.75) is 25.8 Å². The summed E-state index contributed by atoms with van der Waals surface area (Å²) in [6.07, 6.45) is 11.7. The van der Waals surface area contributed by atoms with Crippen LogP contribution in [0.25, 0.3) is 0 Å². The zero-order valence-corrected chi connectivity index (χ0v) is 15.9. The lowest BCUT2D eigenvalue weighted by Crippen LogP contribution is -2.38. The number of rotatable bonds is 6. The molecule has 136 valence electrons. The maximum atomic E-state index is 5.74. The van der Waals surface area contributed by atoms with E-state index in [0.29, 0.717) is 5.92 Å². The average Bonchev–Trinajstić information content (AvgIpc) is 2.69. The van der Waals surface area contributed by atoms with Crippen molar-refractivity contribution in [1.29, 1.82) is 0 Å². The molecule has 0 saturated carbocycles. The van der Waals surface area contributed by atoms with Crippen LogP contribution < -0.4 is 10.1 Å². The number of nitrogens with zero attached hydrogens (tertiary/aromatic N) is 2. The van der Waals surface area contributed by atoms with Crippen molar-refractivity contribution in [2.75, 3.05) is 19.0 Å². The van der Waals surface area contributed by atoms with Gasteiger partial charge in [0, 0.05) is 37.2 Å². The summed E-state index contributed by atoms with van der Waals surface area (Å²) >= 11 is 5.74. The summed E-state index contributed by atoms with van der Waals surface area (Å²) in [6.45, 7) is 1.69. The first-order valence-electron chi connectivity index (χ1n) is 8.98. The molecule has 3 rings (SSSR count). The summed E-state index contributed by atoms with van der Waals surface area (Å²) in [5.41, 5.74) is 2.10. The fourth-order valence-corrected chi connectivity index (χ4v) is 3.43. The number of pyridine rings is 1. The molecule has 1 aliphatic rings. The number of hydrogen-bond acceptors (Lipinski definition) is 3. The first-order valence-corrected chi connectivity index (χ1v) is 9.39. The van der Waals surface area contributed by atoms with Gasteiger partial charge in [0.2, 0.25) is 0 Å². The summed E-state index contributed by atoms with van der Waals surface area (Å²) in [6, 6.07) is 11.9. The molecule has 1 aliphatic carbocycles. The molecule has 1 N–H and O–H groups in total. The number of ether oxygens (including phenoxy) is 1. The van der Waals surface area contributed by atoms with Gasteiger partial charge in [0.1, 0.15) is 5.75 Å². The third-order valence-corrected chi connectivity index (χ3v) is 4.92. The number of aromatic nitrogens is 1. The molecule has 0 radical (unpaired) electrons. The summed E-state index contributed by atoms with van der Waals surface area (Å²) in [5, 5.41) is 4.10. The molecule has 2 aromatic rings. The molecule has 5 heteroatoms. The van der Waals surface area contributed by atoms with E-state index in [2.05, 4.69) is 33.4 Å². The summed E-state index contributed by atoms with van der Waals surface area (Å²) in [4.78, 5) is 6.48. The van der Waals surface area contributed by atoms with Crippen LogP contribution >= 0.6 is 12.2 Å². The Kier molecular flexibility index (Phi) is 6.61. The van der Waals surface area contributed by atoms with Crippen molar-refractivity contribution < 1.29 is 4.74 Å². The van der Waals surface area contributed by atoms with E-state index in [1.807, 2.05) is 36.5 Å². The van der Waals surface area contributed by atoms with Gasteiger partial charge in [-0.2, -0.15) is 0 Å². The lowest BCUT2D eigenvalue weighted by molar-refractivity contribution is 0.319. The van der Waals surface area contributed by atoms with E-state index in [9.17, 15) is 0 Å². The van der Waals surface area contributed by atoms with Gasteiger partial charge in [-0.15, -0.1) is 0 Å². The first kappa shape index (κ1) is 18.4. The molecule has 26 heavy (non-hydrogen) atoms. The van der Waals surface area contributed by atoms with Gasteiger partial charge in [-0.25, -0.2) is 0 Å². The largest absolute Gasteiger partial charge is 0.497 e. The van der Waals surface area contributed by atoms with E-state index in [0.717, 1.165) is 48.0 Å². The van der Waals surface area contributed by atoms with Crippen LogP contribution in [0.5, 0.6) is 5.75 Å². The Hall–Kier alpha value is -2.40. The number of benzene rings is 1. The average molecular weight is 368 g/mol. The number of thiocarbonyl (C=S) groups is 1. The van der Waals surface area contributed by atoms with Crippen molar-refractivity contribution in [3.05, 3.63) is 66.5 Å². The maximum Gasteiger partial charge on any atom is 0.173 e. The molecular formula is C21H25N3OS. The topological polar surface area (TPSA) is 37.4 Å². The van der Waals surface area contributed by atoms with Crippen molar-refractivity contribution in [3.8, 4) is 5.75 Å². The minimum atomic E-state index is 0.627. The van der Waals surface area contributed by atoms with Gasteiger partial charge in [-0.3, -0.25) is 4.98 Å². The van der Waals surface area contributed by atoms with E-state index < -0.39 is 0 Å². The van der Waals surface area contributed by atoms with Gasteiger partial charge in [0.05, 0.1) is 7.11 Å². The van der Waals surface area contributed by atoms with Gasteiger partial charge in [0.25, 0.3) is 0 Å². The minimum Gasteiger partial charge on any atom is -0.497 e. The molecule has 1 aromatic heterocycles. The van der Waals surface area contributed by atoms with Crippen LogP contribution in [0.1, 0.15) is 24.8 Å². The number of allylic oxidation sites excluding steroid dienone is 2. The Balaban J connectivity index is 1.72. The van der Waals surface area contributed by atoms with Crippen LogP contribution in [0.4, 0.5) is 5.69 Å². The fraction of sp³-hybridized carbons (Fsp3) is 0.333. The SMILES string of the molecule is COc1cccc(NC(=S)N(Cc2cccnc2)CC2CC=CCC2)c1. The van der Waals surface area contributed by atoms with E-state index in [-0.39, 0.29) is 0 Å². The first-order chi connectivity index (χ1) is 12.7. The Morgan fingerprint density at radius 2 is 2.23 bits per heavy atom. The fourth-order valence-electron chi connectivity index (χ4n) is 3.17. The number of nitrogens with one attached hydrogen (secondary N) is 1. The predicted molar refractivity (Wildman–Crippen MR) is 110 cm³/mol. The highest BCUT2D eigenvalue weighted by molar-refractivity contribution is 7.80. The van der Waals surface area contributed by atoms with Crippen molar-refractivity contribution >= 4 is 23.0 Å². The van der Waals surface area contributed by atoms with E-state index >= 15 is 0 Å². The molecule has 4 nitrogen and oxygen atoms in total. The van der Waals surface area contributed by atoms with E-state index in [1.165, 1.54) is 6.42 Å². The minimum absolute atomic E-state index is 0.627. The van der Waals surface area contributed by atoms with E-state index in [4.69, 9.17) is 17.0 Å². The number of hydrogen-bond donors (Lipinski definition) is 1. The van der Waals surface area contributed by atoms with Crippen LogP contribution in [0.3, 0.4) is 0 Å². The van der Waals surface area contributed by atoms with Gasteiger partial charge in [0.15, 0.2) is 5.11 Å². The Morgan fingerprint density at radius 1 is 1.31 bits per heavy atom. The third-order valence-electron chi connectivity index (χ3n) is 4.56. The molecule has 1 unspecified atom stereocenters. The highest BCUT2D eigenvalue weighted by atomic mass is 32.1. The highest BCUT2D eigenvalue weighted by Crippen LogP contribution is 2.22. The second kappa shape index (κ2) is 9.34. The Morgan fingerprint density at radius 3 is 2.96 bits per heavy atom. The van der Waals surface area contributed by atoms with Gasteiger partial charge < -0.3 is 15.0 Å². The molecule has 0 fully saturated rings. The van der Waals surface area contributed by atoms with Gasteiger partial charge in [-0.1, -0.05) is 24.3 Å². The number of methoxy groups -OCH3 is 1. The molecule has 1 aromatic carbocycles. The summed E-state index contributed by atoms with van der Waals surface area (Å²) in [7, 11) is 1.67. The molecule has 0 spiro atoms. The van der Waals surface area contributed by atoms with Crippen LogP contribution in [-0.2, 0) is 6.54 Å². The predicted octanol–water partition coefficient (Wildman–Crippen LogP) is 4.65. The van der Waals surface area contributed by atoms with Gasteiger partial charge in [-0.05, 0) is 61.2 Å². The van der Waals surface area contributed by atoms with Gasteiger partial charge >= 0.3 is 0 Å². The van der Waals surface area contributed by atoms with Crippen LogP contribution in [0, 0.1) is 5.92 Å². The zero-order chi connectivity index (χ0) is 18.2. The standard InChI is InChI=1S/C21H25N3OS/c1-25-20-11-5-10-19(13-20)23-21(26)24(15-17-7-3-2-4-8-17)16-18-9-6-12-22-14-18/h2-3,5-6,9-14,17H,4,7-8,15-16H2,1H3,(H,23,26).